The summed E-state index contributed by atoms with van der Waals surface area (Å²) in [6.07, 6.45) is 6.30. The molecule has 0 spiro atoms. The first kappa shape index (κ1) is 22.3. The van der Waals surface area contributed by atoms with Crippen molar-refractivity contribution in [2.45, 2.75) is 64.2 Å². The van der Waals surface area contributed by atoms with Gasteiger partial charge in [0.25, 0.3) is 0 Å². The number of nitrogens with two attached hydrogens (primary N) is 1. The first-order valence-electron chi connectivity index (χ1n) is 12.2. The lowest BCUT2D eigenvalue weighted by Gasteiger charge is -2.29. The van der Waals surface area contributed by atoms with E-state index in [1.807, 2.05) is 12.4 Å². The van der Waals surface area contributed by atoms with E-state index in [0.717, 1.165) is 29.8 Å². The molecule has 5 rings (SSSR count). The molecule has 2 heterocycles. The van der Waals surface area contributed by atoms with E-state index < -0.39 is 0 Å². The van der Waals surface area contributed by atoms with Gasteiger partial charge in [-0.2, -0.15) is 9.97 Å². The van der Waals surface area contributed by atoms with Crippen molar-refractivity contribution in [1.82, 2.24) is 19.5 Å². The van der Waals surface area contributed by atoms with Crippen LogP contribution in [-0.2, 0) is 6.54 Å². The van der Waals surface area contributed by atoms with Gasteiger partial charge in [-0.1, -0.05) is 67.4 Å². The molecule has 4 aromatic rings. The molecule has 0 bridgehead atoms. The van der Waals surface area contributed by atoms with Gasteiger partial charge < -0.3 is 20.9 Å². The van der Waals surface area contributed by atoms with Gasteiger partial charge in [-0.05, 0) is 43.4 Å². The van der Waals surface area contributed by atoms with Crippen molar-refractivity contribution in [2.75, 3.05) is 10.6 Å². The molecule has 1 aliphatic carbocycles. The van der Waals surface area contributed by atoms with E-state index in [1.165, 1.54) is 29.5 Å². The predicted octanol–water partition coefficient (Wildman–Crippen LogP) is 5.37. The molecule has 1 saturated carbocycles. The molecule has 2 aromatic carbocycles. The Hall–Kier alpha value is -3.45. The number of anilines is 2. The van der Waals surface area contributed by atoms with Gasteiger partial charge in [0.1, 0.15) is 0 Å². The van der Waals surface area contributed by atoms with E-state index >= 15 is 0 Å². The Morgan fingerprint density at radius 1 is 0.971 bits per heavy atom. The van der Waals surface area contributed by atoms with E-state index in [-0.39, 0.29) is 18.1 Å². The fraction of sp³-hybridized carbons (Fsp3) is 0.370. The van der Waals surface area contributed by atoms with Crippen molar-refractivity contribution < 1.29 is 0 Å². The number of hydrogen-bond donors (Lipinski definition) is 3. The Kier molecular flexibility index (Phi) is 6.45. The van der Waals surface area contributed by atoms with Gasteiger partial charge in [0.05, 0.1) is 6.33 Å². The molecule has 1 fully saturated rings. The average Bonchev–Trinajstić information content (AvgIpc) is 3.29. The van der Waals surface area contributed by atoms with Crippen LogP contribution in [0.25, 0.3) is 22.3 Å². The van der Waals surface area contributed by atoms with Crippen LogP contribution >= 0.6 is 0 Å². The molecule has 0 amide bonds. The standard InChI is InChI=1S/C27H33N7/c1-18(2)34-17-30-24-25(32-27(33-26(24)34)31-23-11-7-6-10-22(23)28)29-16-19-12-14-21(15-13-19)20-8-4-3-5-9-20/h3-5,8-9,12-15,17-18,22-23H,6-7,10-11,16,28H2,1-2H3,(H2,29,31,32,33)/t22-,23+/m1/s1. The second kappa shape index (κ2) is 9.81. The van der Waals surface area contributed by atoms with Crippen LogP contribution in [0.1, 0.15) is 51.1 Å². The Bertz CT molecular complexity index is 1230. The van der Waals surface area contributed by atoms with Crippen molar-refractivity contribution in [1.29, 1.82) is 0 Å². The number of hydrogen-bond acceptors (Lipinski definition) is 6. The number of benzene rings is 2. The van der Waals surface area contributed by atoms with Gasteiger partial charge in [-0.25, -0.2) is 4.98 Å². The summed E-state index contributed by atoms with van der Waals surface area (Å²) >= 11 is 0. The number of nitrogens with one attached hydrogen (secondary N) is 2. The molecule has 1 aliphatic rings. The second-order valence-electron chi connectivity index (χ2n) is 9.43. The molecule has 7 heteroatoms. The lowest BCUT2D eigenvalue weighted by Crippen LogP contribution is -2.43. The largest absolute Gasteiger partial charge is 0.364 e. The third-order valence-electron chi connectivity index (χ3n) is 6.63. The maximum atomic E-state index is 6.37. The van der Waals surface area contributed by atoms with Gasteiger partial charge in [-0.15, -0.1) is 0 Å². The van der Waals surface area contributed by atoms with E-state index in [2.05, 4.69) is 82.6 Å². The molecule has 176 valence electrons. The van der Waals surface area contributed by atoms with Crippen LogP contribution in [0, 0.1) is 0 Å². The van der Waals surface area contributed by atoms with Gasteiger partial charge >= 0.3 is 0 Å². The quantitative estimate of drug-likeness (QED) is 0.347. The monoisotopic (exact) mass is 455 g/mol. The zero-order valence-electron chi connectivity index (χ0n) is 19.9. The molecule has 4 N–H and O–H groups in total. The zero-order chi connectivity index (χ0) is 23.5. The Labute approximate surface area is 200 Å². The summed E-state index contributed by atoms with van der Waals surface area (Å²) in [5.74, 6) is 1.35. The highest BCUT2D eigenvalue weighted by Crippen LogP contribution is 2.26. The maximum Gasteiger partial charge on any atom is 0.227 e. The first-order valence-corrected chi connectivity index (χ1v) is 12.2. The lowest BCUT2D eigenvalue weighted by molar-refractivity contribution is 0.402. The summed E-state index contributed by atoms with van der Waals surface area (Å²) in [7, 11) is 0. The minimum Gasteiger partial charge on any atom is -0.364 e. The number of fused-ring (bicyclic) bond motifs is 1. The SMILES string of the molecule is CC(C)n1cnc2c(NCc3ccc(-c4ccccc4)cc3)nc(N[C@H]3CCCC[C@H]3N)nc21. The summed E-state index contributed by atoms with van der Waals surface area (Å²) in [6, 6.07) is 19.6. The van der Waals surface area contributed by atoms with Crippen LogP contribution in [0.15, 0.2) is 60.9 Å². The fourth-order valence-electron chi connectivity index (χ4n) is 4.62. The summed E-state index contributed by atoms with van der Waals surface area (Å²) in [5, 5.41) is 7.02. The predicted molar refractivity (Wildman–Crippen MR) is 139 cm³/mol. The van der Waals surface area contributed by atoms with Gasteiger partial charge in [0, 0.05) is 24.7 Å². The molecule has 2 atom stereocenters. The summed E-state index contributed by atoms with van der Waals surface area (Å²) in [4.78, 5) is 14.3. The number of nitrogens with zero attached hydrogens (tertiary/aromatic N) is 4. The summed E-state index contributed by atoms with van der Waals surface area (Å²) < 4.78 is 2.09. The van der Waals surface area contributed by atoms with Crippen molar-refractivity contribution in [3.63, 3.8) is 0 Å². The highest BCUT2D eigenvalue weighted by Gasteiger charge is 2.23. The van der Waals surface area contributed by atoms with Crippen LogP contribution in [0.2, 0.25) is 0 Å². The van der Waals surface area contributed by atoms with Crippen LogP contribution in [0.4, 0.5) is 11.8 Å². The normalized spacial score (nSPS) is 18.4. The molecule has 0 unspecified atom stereocenters. The molecule has 0 radical (unpaired) electrons. The van der Waals surface area contributed by atoms with Gasteiger partial charge in [0.15, 0.2) is 17.0 Å². The van der Waals surface area contributed by atoms with E-state index in [0.29, 0.717) is 12.5 Å². The van der Waals surface area contributed by atoms with Crippen molar-refractivity contribution in [2.24, 2.45) is 5.73 Å². The topological polar surface area (TPSA) is 93.7 Å². The van der Waals surface area contributed by atoms with Crippen molar-refractivity contribution in [3.05, 3.63) is 66.5 Å². The molecule has 2 aromatic heterocycles. The van der Waals surface area contributed by atoms with Crippen LogP contribution in [0.5, 0.6) is 0 Å². The van der Waals surface area contributed by atoms with Gasteiger partial charge in [-0.3, -0.25) is 0 Å². The Balaban J connectivity index is 1.39. The Morgan fingerprint density at radius 3 is 2.44 bits per heavy atom. The highest BCUT2D eigenvalue weighted by atomic mass is 15.2. The van der Waals surface area contributed by atoms with E-state index in [4.69, 9.17) is 15.7 Å². The minimum atomic E-state index is 0.127. The number of aromatic nitrogens is 4. The number of rotatable bonds is 7. The third-order valence-corrected chi connectivity index (χ3v) is 6.63. The smallest absolute Gasteiger partial charge is 0.227 e. The van der Waals surface area contributed by atoms with E-state index in [9.17, 15) is 0 Å². The Morgan fingerprint density at radius 2 is 1.71 bits per heavy atom. The number of imidazole rings is 1. The highest BCUT2D eigenvalue weighted by molar-refractivity contribution is 5.84. The zero-order valence-corrected chi connectivity index (χ0v) is 19.9. The second-order valence-corrected chi connectivity index (χ2v) is 9.43. The van der Waals surface area contributed by atoms with Crippen LogP contribution < -0.4 is 16.4 Å². The van der Waals surface area contributed by atoms with Crippen molar-refractivity contribution in [3.8, 4) is 11.1 Å². The molecular weight excluding hydrogens is 422 g/mol. The molecule has 0 saturated heterocycles. The average molecular weight is 456 g/mol. The molecule has 34 heavy (non-hydrogen) atoms. The van der Waals surface area contributed by atoms with E-state index in [1.54, 1.807) is 0 Å². The van der Waals surface area contributed by atoms with Crippen LogP contribution in [-0.4, -0.2) is 31.6 Å². The molecule has 7 nitrogen and oxygen atoms in total. The van der Waals surface area contributed by atoms with Gasteiger partial charge in [0.2, 0.25) is 5.95 Å². The lowest BCUT2D eigenvalue weighted by atomic mass is 9.91. The summed E-state index contributed by atoms with van der Waals surface area (Å²) in [5.41, 5.74) is 11.6. The molecular formula is C27H33N7. The fourth-order valence-corrected chi connectivity index (χ4v) is 4.62. The molecule has 0 aliphatic heterocycles. The third kappa shape index (κ3) is 4.75. The van der Waals surface area contributed by atoms with Crippen molar-refractivity contribution >= 4 is 22.9 Å². The minimum absolute atomic E-state index is 0.127. The van der Waals surface area contributed by atoms with Crippen LogP contribution in [0.3, 0.4) is 0 Å². The maximum absolute atomic E-state index is 6.37. The first-order chi connectivity index (χ1) is 16.6. The summed E-state index contributed by atoms with van der Waals surface area (Å²) in [6.45, 7) is 4.92.